The topological polar surface area (TPSA) is 6.48 Å². The van der Waals surface area contributed by atoms with Crippen molar-refractivity contribution in [2.45, 2.75) is 64.5 Å². The molecule has 0 unspecified atom stereocenters. The van der Waals surface area contributed by atoms with Crippen LogP contribution in [0.5, 0.6) is 0 Å². The number of para-hydroxylation sites is 2. The molecule has 7 heteroatoms. The second-order valence-electron chi connectivity index (χ2n) is 21.2. The third-order valence-electron chi connectivity index (χ3n) is 16.8. The number of fused-ring (bicyclic) bond motifs is 15. The molecule has 77 heavy (non-hydrogen) atoms. The molecule has 0 N–H and O–H groups in total. The van der Waals surface area contributed by atoms with Gasteiger partial charge in [-0.25, -0.2) is 0 Å². The van der Waals surface area contributed by atoms with E-state index in [0.29, 0.717) is 5.39 Å². The van der Waals surface area contributed by atoms with Crippen LogP contribution >= 0.6 is 22.7 Å². The van der Waals surface area contributed by atoms with Crippen LogP contribution in [0.1, 0.15) is 83.3 Å². The normalized spacial score (nSPS) is 14.0. The summed E-state index contributed by atoms with van der Waals surface area (Å²) in [4.78, 5) is 4.80. The van der Waals surface area contributed by atoms with Gasteiger partial charge in [0.05, 0.1) is 31.8 Å². The molecular formula is C70H53F3N2S2. The van der Waals surface area contributed by atoms with Gasteiger partial charge in [0.1, 0.15) is 0 Å². The van der Waals surface area contributed by atoms with Gasteiger partial charge in [0, 0.05) is 59.1 Å². The minimum absolute atomic E-state index is 0.247. The summed E-state index contributed by atoms with van der Waals surface area (Å²) in [6, 6.07) is 73.5. The van der Waals surface area contributed by atoms with Crippen LogP contribution in [0.3, 0.4) is 0 Å². The van der Waals surface area contributed by atoms with Crippen molar-refractivity contribution in [3.05, 3.63) is 262 Å². The fourth-order valence-corrected chi connectivity index (χ4v) is 16.0. The number of hydrogen-bond acceptors (Lipinski definition) is 4. The quantitative estimate of drug-likeness (QED) is 0.150. The van der Waals surface area contributed by atoms with E-state index in [1.165, 1.54) is 88.1 Å². The number of nitrogens with zero attached hydrogens (tertiary/aromatic N) is 2. The van der Waals surface area contributed by atoms with E-state index < -0.39 is 17.2 Å². The number of alkyl halides is 3. The number of anilines is 6. The molecule has 0 bridgehead atoms. The van der Waals surface area contributed by atoms with E-state index in [0.717, 1.165) is 73.7 Å². The first-order valence-electron chi connectivity index (χ1n) is 26.6. The first-order valence-corrected chi connectivity index (χ1v) is 28.2. The molecule has 0 radical (unpaired) electrons. The maximum absolute atomic E-state index is 14.8. The van der Waals surface area contributed by atoms with Crippen molar-refractivity contribution in [3.63, 3.8) is 0 Å². The first-order chi connectivity index (χ1) is 37.4. The van der Waals surface area contributed by atoms with Gasteiger partial charge in [0.2, 0.25) is 0 Å². The lowest BCUT2D eigenvalue weighted by atomic mass is 9.55. The zero-order valence-electron chi connectivity index (χ0n) is 43.4. The maximum atomic E-state index is 14.8. The van der Waals surface area contributed by atoms with E-state index in [-0.39, 0.29) is 10.1 Å². The zero-order chi connectivity index (χ0) is 52.5. The Morgan fingerprint density at radius 2 is 0.805 bits per heavy atom. The predicted octanol–water partition coefficient (Wildman–Crippen LogP) is 20.8. The Morgan fingerprint density at radius 1 is 0.403 bits per heavy atom. The van der Waals surface area contributed by atoms with Crippen LogP contribution in [0.25, 0.3) is 51.5 Å². The summed E-state index contributed by atoms with van der Waals surface area (Å²) < 4.78 is 48.0. The smallest absolute Gasteiger partial charge is 0.309 e. The Labute approximate surface area is 454 Å². The molecule has 10 aromatic carbocycles. The molecule has 2 aliphatic carbocycles. The van der Waals surface area contributed by atoms with Gasteiger partial charge in [-0.05, 0) is 136 Å². The van der Waals surface area contributed by atoms with Crippen molar-refractivity contribution < 1.29 is 13.2 Å². The number of aryl methyl sites for hydroxylation is 3. The van der Waals surface area contributed by atoms with Gasteiger partial charge in [0.25, 0.3) is 0 Å². The fourth-order valence-electron chi connectivity index (χ4n) is 13.4. The van der Waals surface area contributed by atoms with E-state index in [1.807, 2.05) is 29.5 Å². The second kappa shape index (κ2) is 17.5. The van der Waals surface area contributed by atoms with Gasteiger partial charge in [0.15, 0.2) is 0 Å². The van der Waals surface area contributed by atoms with E-state index in [4.69, 9.17) is 0 Å². The Balaban J connectivity index is 1.08. The summed E-state index contributed by atoms with van der Waals surface area (Å²) in [7, 11) is 0. The fraction of sp³-hybridized carbons (Fsp3) is 0.143. The minimum Gasteiger partial charge on any atom is -0.309 e. The van der Waals surface area contributed by atoms with Gasteiger partial charge in [-0.2, -0.15) is 13.2 Å². The molecule has 0 saturated heterocycles. The van der Waals surface area contributed by atoms with Gasteiger partial charge in [-0.1, -0.05) is 179 Å². The van der Waals surface area contributed by atoms with Gasteiger partial charge in [-0.3, -0.25) is 0 Å². The molecule has 2 heterocycles. The molecule has 2 aliphatic rings. The van der Waals surface area contributed by atoms with Crippen LogP contribution in [0.2, 0.25) is 0 Å². The average molecular weight is 1040 g/mol. The van der Waals surface area contributed by atoms with Crippen LogP contribution in [0.4, 0.5) is 47.3 Å². The van der Waals surface area contributed by atoms with Crippen molar-refractivity contribution in [2.75, 3.05) is 9.80 Å². The van der Waals surface area contributed by atoms with Crippen molar-refractivity contribution in [3.8, 4) is 11.1 Å². The summed E-state index contributed by atoms with van der Waals surface area (Å²) >= 11 is 3.10. The lowest BCUT2D eigenvalue weighted by Crippen LogP contribution is -2.40. The highest BCUT2D eigenvalue weighted by Gasteiger charge is 2.53. The molecule has 376 valence electrons. The summed E-state index contributed by atoms with van der Waals surface area (Å²) in [5, 5.41) is 3.92. The predicted molar refractivity (Wildman–Crippen MR) is 320 cm³/mol. The lowest BCUT2D eigenvalue weighted by Gasteiger charge is -2.46. The van der Waals surface area contributed by atoms with Crippen LogP contribution in [-0.4, -0.2) is 0 Å². The Hall–Kier alpha value is -7.97. The number of hydrogen-bond donors (Lipinski definition) is 0. The van der Waals surface area contributed by atoms with E-state index >= 15 is 0 Å². The van der Waals surface area contributed by atoms with Gasteiger partial charge >= 0.3 is 6.18 Å². The first kappa shape index (κ1) is 47.5. The molecule has 0 amide bonds. The highest BCUT2D eigenvalue weighted by Crippen LogP contribution is 2.64. The Bertz CT molecular complexity index is 4340. The van der Waals surface area contributed by atoms with Crippen LogP contribution in [0.15, 0.2) is 206 Å². The number of halogens is 3. The molecule has 2 nitrogen and oxygen atoms in total. The molecule has 0 saturated carbocycles. The molecule has 2 aromatic heterocycles. The molecule has 14 rings (SSSR count). The molecular weight excluding hydrogens is 990 g/mol. The molecule has 12 aromatic rings. The number of rotatable bonds is 8. The number of benzene rings is 10. The summed E-state index contributed by atoms with van der Waals surface area (Å²) in [5.41, 5.74) is 18.0. The third kappa shape index (κ3) is 6.85. The standard InChI is InChI=1S/C70H53F3N2S2/c1-6-43-21-8-14-32-60(43)74(62-34-18-25-49-47-23-16-20-42(3)64(47)76-66(49)62)45-36-38-53-51(40-45)52-41-46(37-39-54(52)69(53)57-29-12-10-27-55(57)68(4,5)56-28-11-13-30-58(56)69)75(61-33-15-9-22-44(61)7-2)63-35-19-26-50-48-24-17-31-59(70(71,72)73)65(48)77-67(50)63/h8-41H,6-7H2,1-5H3. The SMILES string of the molecule is CCc1ccccc1N(c1ccc2c(c1)-c1cc(N(c3ccccc3CC)c3cccc4c3sc3c(C(F)(F)F)cccc34)ccc1C21c2ccccc2C(C)(C)c2ccccc21)c1cccc2c1sc1c(C)cccc12. The van der Waals surface area contributed by atoms with E-state index in [2.05, 4.69) is 220 Å². The van der Waals surface area contributed by atoms with Crippen LogP contribution in [-0.2, 0) is 29.8 Å². The third-order valence-corrected chi connectivity index (χ3v) is 19.5. The van der Waals surface area contributed by atoms with Crippen molar-refractivity contribution >= 4 is 97.1 Å². The molecule has 0 atom stereocenters. The highest BCUT2D eigenvalue weighted by molar-refractivity contribution is 7.27. The average Bonchev–Trinajstić information content (AvgIpc) is 3.98. The van der Waals surface area contributed by atoms with Crippen molar-refractivity contribution in [1.82, 2.24) is 0 Å². The second-order valence-corrected chi connectivity index (χ2v) is 23.2. The van der Waals surface area contributed by atoms with Crippen LogP contribution < -0.4 is 9.80 Å². The maximum Gasteiger partial charge on any atom is 0.417 e. The minimum atomic E-state index is -4.50. The largest absolute Gasteiger partial charge is 0.417 e. The van der Waals surface area contributed by atoms with E-state index in [1.54, 1.807) is 0 Å². The van der Waals surface area contributed by atoms with Gasteiger partial charge < -0.3 is 9.80 Å². The monoisotopic (exact) mass is 1040 g/mol. The Kier molecular flexibility index (Phi) is 10.8. The van der Waals surface area contributed by atoms with Gasteiger partial charge in [-0.15, -0.1) is 22.7 Å². The summed E-state index contributed by atoms with van der Waals surface area (Å²) in [5.74, 6) is 0. The van der Waals surface area contributed by atoms with Crippen molar-refractivity contribution in [1.29, 1.82) is 0 Å². The van der Waals surface area contributed by atoms with Crippen molar-refractivity contribution in [2.24, 2.45) is 0 Å². The summed E-state index contributed by atoms with van der Waals surface area (Å²) in [6.07, 6.45) is -2.88. The lowest BCUT2D eigenvalue weighted by molar-refractivity contribution is -0.136. The van der Waals surface area contributed by atoms with E-state index in [9.17, 15) is 13.2 Å². The highest BCUT2D eigenvalue weighted by atomic mass is 32.1. The molecule has 0 aliphatic heterocycles. The molecule has 0 fully saturated rings. The zero-order valence-corrected chi connectivity index (χ0v) is 45.0. The Morgan fingerprint density at radius 3 is 1.30 bits per heavy atom. The van der Waals surface area contributed by atoms with Crippen LogP contribution in [0, 0.1) is 6.92 Å². The summed E-state index contributed by atoms with van der Waals surface area (Å²) in [6.45, 7) is 11.3. The molecule has 1 spiro atoms. The number of thiophene rings is 2.